The lowest BCUT2D eigenvalue weighted by atomic mass is 9.95. The molecule has 6 nitrogen and oxygen atoms in total. The number of nitrogens with one attached hydrogen (secondary N) is 1. The molecule has 1 amide bonds. The van der Waals surface area contributed by atoms with Crippen LogP contribution in [0.3, 0.4) is 0 Å². The first-order chi connectivity index (χ1) is 10.4. The lowest BCUT2D eigenvalue weighted by Gasteiger charge is -2.33. The fourth-order valence-corrected chi connectivity index (χ4v) is 3.41. The summed E-state index contributed by atoms with van der Waals surface area (Å²) in [5, 5.41) is 11.7. The second-order valence-electron chi connectivity index (χ2n) is 7.60. The van der Waals surface area contributed by atoms with E-state index in [1.165, 1.54) is 6.42 Å². The molecule has 3 rings (SSSR count). The van der Waals surface area contributed by atoms with Crippen molar-refractivity contribution >= 4 is 5.91 Å². The summed E-state index contributed by atoms with van der Waals surface area (Å²) in [7, 11) is 0. The Morgan fingerprint density at radius 3 is 2.86 bits per heavy atom. The van der Waals surface area contributed by atoms with Gasteiger partial charge >= 0.3 is 0 Å². The number of likely N-dealkylation sites (tertiary alicyclic amines) is 1. The van der Waals surface area contributed by atoms with Crippen LogP contribution in [0.25, 0.3) is 0 Å². The molecule has 1 aromatic rings. The topological polar surface area (TPSA) is 63.1 Å². The molecule has 1 atom stereocenters. The van der Waals surface area contributed by atoms with Crippen LogP contribution in [0.2, 0.25) is 0 Å². The number of aromatic nitrogens is 3. The summed E-state index contributed by atoms with van der Waals surface area (Å²) in [4.78, 5) is 14.7. The number of amides is 1. The highest BCUT2D eigenvalue weighted by molar-refractivity contribution is 5.79. The van der Waals surface area contributed by atoms with Crippen molar-refractivity contribution in [2.24, 2.45) is 5.92 Å². The second-order valence-corrected chi connectivity index (χ2v) is 7.60. The predicted octanol–water partition coefficient (Wildman–Crippen LogP) is 1.35. The Morgan fingerprint density at radius 2 is 2.09 bits per heavy atom. The van der Waals surface area contributed by atoms with Crippen LogP contribution in [-0.2, 0) is 24.3 Å². The summed E-state index contributed by atoms with van der Waals surface area (Å²) in [6, 6.07) is 0. The summed E-state index contributed by atoms with van der Waals surface area (Å²) < 4.78 is 2.25. The van der Waals surface area contributed by atoms with Gasteiger partial charge in [0.25, 0.3) is 0 Å². The third-order valence-electron chi connectivity index (χ3n) is 4.43. The van der Waals surface area contributed by atoms with Gasteiger partial charge in [0.2, 0.25) is 5.91 Å². The molecule has 1 unspecified atom stereocenters. The molecule has 0 spiro atoms. The Balaban J connectivity index is 1.60. The van der Waals surface area contributed by atoms with Gasteiger partial charge in [0, 0.05) is 25.0 Å². The number of rotatable bonds is 3. The highest BCUT2D eigenvalue weighted by atomic mass is 16.2. The number of carbonyl (C=O) groups excluding carboxylic acids is 1. The average molecular weight is 305 g/mol. The molecule has 22 heavy (non-hydrogen) atoms. The van der Waals surface area contributed by atoms with Crippen LogP contribution >= 0.6 is 0 Å². The van der Waals surface area contributed by atoms with E-state index in [0.717, 1.165) is 57.1 Å². The van der Waals surface area contributed by atoms with E-state index in [-0.39, 0.29) is 17.4 Å². The number of piperidine rings is 1. The normalized spacial score (nSPS) is 22.6. The summed E-state index contributed by atoms with van der Waals surface area (Å²) in [5.41, 5.74) is -0.160. The van der Waals surface area contributed by atoms with Gasteiger partial charge in [-0.1, -0.05) is 0 Å². The van der Waals surface area contributed by atoms with Crippen LogP contribution in [0.15, 0.2) is 0 Å². The Kier molecular flexibility index (Phi) is 4.21. The first kappa shape index (κ1) is 15.5. The molecule has 0 bridgehead atoms. The fourth-order valence-electron chi connectivity index (χ4n) is 3.41. The lowest BCUT2D eigenvalue weighted by Crippen LogP contribution is -2.48. The number of aryl methyl sites for hydroxylation is 1. The number of fused-ring (bicyclic) bond motifs is 1. The van der Waals surface area contributed by atoms with E-state index in [4.69, 9.17) is 0 Å². The third-order valence-corrected chi connectivity index (χ3v) is 4.43. The summed E-state index contributed by atoms with van der Waals surface area (Å²) in [5.74, 6) is 2.45. The van der Waals surface area contributed by atoms with Crippen LogP contribution in [0.5, 0.6) is 0 Å². The zero-order chi connectivity index (χ0) is 15.7. The number of nitrogens with zero attached hydrogens (tertiary/aromatic N) is 4. The SMILES string of the molecule is CC(C)(C)NC(=O)C1CCCN(Cc2nnc3n2CCC3)C1. The van der Waals surface area contributed by atoms with Crippen LogP contribution in [-0.4, -0.2) is 44.2 Å². The Bertz CT molecular complexity index is 545. The fraction of sp³-hybridized carbons (Fsp3) is 0.812. The van der Waals surface area contributed by atoms with Crippen molar-refractivity contribution in [1.29, 1.82) is 0 Å². The maximum Gasteiger partial charge on any atom is 0.224 e. The Labute approximate surface area is 132 Å². The van der Waals surface area contributed by atoms with E-state index in [0.29, 0.717) is 0 Å². The van der Waals surface area contributed by atoms with Gasteiger partial charge in [-0.3, -0.25) is 9.69 Å². The van der Waals surface area contributed by atoms with Crippen molar-refractivity contribution < 1.29 is 4.79 Å². The molecule has 6 heteroatoms. The number of carbonyl (C=O) groups is 1. The Morgan fingerprint density at radius 1 is 1.27 bits per heavy atom. The summed E-state index contributed by atoms with van der Waals surface area (Å²) in [6.45, 7) is 9.82. The molecule has 0 saturated carbocycles. The van der Waals surface area contributed by atoms with Gasteiger partial charge in [-0.05, 0) is 46.6 Å². The summed E-state index contributed by atoms with van der Waals surface area (Å²) >= 11 is 0. The number of hydrogen-bond acceptors (Lipinski definition) is 4. The summed E-state index contributed by atoms with van der Waals surface area (Å²) in [6.07, 6.45) is 4.28. The zero-order valence-corrected chi connectivity index (χ0v) is 13.9. The molecule has 0 aromatic carbocycles. The van der Waals surface area contributed by atoms with Gasteiger partial charge in [0.1, 0.15) is 11.6 Å². The van der Waals surface area contributed by atoms with Crippen LogP contribution in [0.4, 0.5) is 0 Å². The smallest absolute Gasteiger partial charge is 0.224 e. The molecule has 1 fully saturated rings. The third kappa shape index (κ3) is 3.48. The number of hydrogen-bond donors (Lipinski definition) is 1. The van der Waals surface area contributed by atoms with E-state index in [1.54, 1.807) is 0 Å². The molecule has 0 aliphatic carbocycles. The van der Waals surface area contributed by atoms with Crippen molar-refractivity contribution in [3.8, 4) is 0 Å². The molecule has 1 saturated heterocycles. The van der Waals surface area contributed by atoms with E-state index in [2.05, 4.69) is 25.0 Å². The van der Waals surface area contributed by atoms with Crippen molar-refractivity contribution in [1.82, 2.24) is 25.0 Å². The first-order valence-corrected chi connectivity index (χ1v) is 8.38. The lowest BCUT2D eigenvalue weighted by molar-refractivity contribution is -0.128. The van der Waals surface area contributed by atoms with Gasteiger partial charge in [0.05, 0.1) is 12.5 Å². The largest absolute Gasteiger partial charge is 0.351 e. The molecule has 3 heterocycles. The Hall–Kier alpha value is -1.43. The van der Waals surface area contributed by atoms with Crippen LogP contribution in [0.1, 0.15) is 51.7 Å². The molecule has 1 N–H and O–H groups in total. The monoisotopic (exact) mass is 305 g/mol. The molecule has 1 aromatic heterocycles. The minimum absolute atomic E-state index is 0.0916. The maximum absolute atomic E-state index is 12.4. The molecule has 0 radical (unpaired) electrons. The van der Waals surface area contributed by atoms with Gasteiger partial charge in [-0.15, -0.1) is 10.2 Å². The molecule has 2 aliphatic heterocycles. The average Bonchev–Trinajstić information content (AvgIpc) is 3.02. The van der Waals surface area contributed by atoms with E-state index in [9.17, 15) is 4.79 Å². The predicted molar refractivity (Wildman–Crippen MR) is 84.2 cm³/mol. The molecular formula is C16H27N5O. The van der Waals surface area contributed by atoms with Gasteiger partial charge < -0.3 is 9.88 Å². The van der Waals surface area contributed by atoms with Crippen molar-refractivity contribution in [3.63, 3.8) is 0 Å². The van der Waals surface area contributed by atoms with Gasteiger partial charge in [-0.25, -0.2) is 0 Å². The van der Waals surface area contributed by atoms with Crippen LogP contribution < -0.4 is 5.32 Å². The highest BCUT2D eigenvalue weighted by Crippen LogP contribution is 2.21. The highest BCUT2D eigenvalue weighted by Gasteiger charge is 2.29. The maximum atomic E-state index is 12.4. The van der Waals surface area contributed by atoms with Gasteiger partial charge in [0.15, 0.2) is 0 Å². The van der Waals surface area contributed by atoms with E-state index < -0.39 is 0 Å². The molecule has 2 aliphatic rings. The minimum atomic E-state index is -0.160. The zero-order valence-electron chi connectivity index (χ0n) is 13.9. The van der Waals surface area contributed by atoms with Crippen molar-refractivity contribution in [2.75, 3.05) is 13.1 Å². The van der Waals surface area contributed by atoms with Crippen molar-refractivity contribution in [3.05, 3.63) is 11.6 Å². The first-order valence-electron chi connectivity index (χ1n) is 8.38. The standard InChI is InChI=1S/C16H27N5O/c1-16(2,3)17-15(22)12-6-4-8-20(10-12)11-14-19-18-13-7-5-9-21(13)14/h12H,4-11H2,1-3H3,(H,17,22). The van der Waals surface area contributed by atoms with Crippen LogP contribution in [0, 0.1) is 5.92 Å². The molecular weight excluding hydrogens is 278 g/mol. The van der Waals surface area contributed by atoms with E-state index >= 15 is 0 Å². The quantitative estimate of drug-likeness (QED) is 0.915. The molecule has 122 valence electrons. The minimum Gasteiger partial charge on any atom is -0.351 e. The second kappa shape index (κ2) is 5.99. The van der Waals surface area contributed by atoms with Gasteiger partial charge in [-0.2, -0.15) is 0 Å². The van der Waals surface area contributed by atoms with Crippen molar-refractivity contribution in [2.45, 2.75) is 65.1 Å². The van der Waals surface area contributed by atoms with E-state index in [1.807, 2.05) is 20.8 Å².